The van der Waals surface area contributed by atoms with E-state index >= 15 is 0 Å². The van der Waals surface area contributed by atoms with Gasteiger partial charge in [0.2, 0.25) is 0 Å². The molecule has 1 aliphatic heterocycles. The predicted octanol–water partition coefficient (Wildman–Crippen LogP) is 2.35. The molecule has 2 N–H and O–H groups in total. The summed E-state index contributed by atoms with van der Waals surface area (Å²) >= 11 is 0. The van der Waals surface area contributed by atoms with Gasteiger partial charge in [0, 0.05) is 31.7 Å². The molecule has 0 bridgehead atoms. The molecule has 2 atom stereocenters. The quantitative estimate of drug-likeness (QED) is 0.616. The molecule has 2 unspecified atom stereocenters. The Morgan fingerprint density at radius 3 is 2.76 bits per heavy atom. The molecule has 1 saturated heterocycles. The number of benzene rings is 1. The maximum atomic E-state index is 12.9. The summed E-state index contributed by atoms with van der Waals surface area (Å²) in [5, 5.41) is 24.2. The van der Waals surface area contributed by atoms with Crippen LogP contribution >= 0.6 is 0 Å². The van der Waals surface area contributed by atoms with Crippen molar-refractivity contribution in [2.24, 2.45) is 0 Å². The van der Waals surface area contributed by atoms with Crippen LogP contribution in [0.5, 0.6) is 0 Å². The Kier molecular flexibility index (Phi) is 5.20. The van der Waals surface area contributed by atoms with E-state index in [4.69, 9.17) is 0 Å². The van der Waals surface area contributed by atoms with Crippen molar-refractivity contribution < 1.29 is 14.4 Å². The molecule has 1 aromatic heterocycles. The summed E-state index contributed by atoms with van der Waals surface area (Å²) in [4.78, 5) is 16.3. The number of aliphatic hydroxyl groups excluding tert-OH is 1. The van der Waals surface area contributed by atoms with Crippen molar-refractivity contribution in [2.75, 3.05) is 25.0 Å². The zero-order chi connectivity index (χ0) is 17.8. The van der Waals surface area contributed by atoms with Crippen molar-refractivity contribution in [3.63, 3.8) is 0 Å². The minimum atomic E-state index is -0.670. The van der Waals surface area contributed by atoms with Gasteiger partial charge in [0.25, 0.3) is 5.69 Å². The van der Waals surface area contributed by atoms with Crippen LogP contribution in [0, 0.1) is 15.9 Å². The van der Waals surface area contributed by atoms with Gasteiger partial charge < -0.3 is 10.4 Å². The first-order valence-electron chi connectivity index (χ1n) is 8.04. The van der Waals surface area contributed by atoms with Crippen LogP contribution < -0.4 is 5.32 Å². The third kappa shape index (κ3) is 4.49. The molecule has 0 amide bonds. The Morgan fingerprint density at radius 1 is 1.36 bits per heavy atom. The molecule has 1 aromatic carbocycles. The first kappa shape index (κ1) is 17.2. The molecule has 3 rings (SSSR count). The number of halogens is 1. The van der Waals surface area contributed by atoms with Crippen molar-refractivity contribution in [1.82, 2.24) is 9.88 Å². The topological polar surface area (TPSA) is 91.5 Å². The molecule has 132 valence electrons. The van der Waals surface area contributed by atoms with Crippen LogP contribution in [0.15, 0.2) is 42.6 Å². The molecule has 0 spiro atoms. The molecule has 2 aromatic rings. The zero-order valence-electron chi connectivity index (χ0n) is 13.5. The highest BCUT2D eigenvalue weighted by molar-refractivity contribution is 5.41. The number of aromatic nitrogens is 1. The smallest absolute Gasteiger partial charge is 0.287 e. The molecule has 7 nitrogen and oxygen atoms in total. The van der Waals surface area contributed by atoms with Gasteiger partial charge in [0.05, 0.1) is 11.0 Å². The second kappa shape index (κ2) is 7.54. The number of pyridine rings is 1. The molecule has 0 aliphatic carbocycles. The van der Waals surface area contributed by atoms with Crippen LogP contribution in [0.4, 0.5) is 15.9 Å². The normalized spacial score (nSPS) is 18.9. The SMILES string of the molecule is O=[N+]([O-])c1ccc(NC2CCN(CC(O)c3ccc(F)cc3)C2)nc1. The maximum absolute atomic E-state index is 12.9. The minimum absolute atomic E-state index is 0.0407. The molecular formula is C17H19FN4O3. The second-order valence-corrected chi connectivity index (χ2v) is 6.12. The van der Waals surface area contributed by atoms with Crippen LogP contribution in [0.1, 0.15) is 18.1 Å². The van der Waals surface area contributed by atoms with Gasteiger partial charge in [-0.15, -0.1) is 0 Å². The van der Waals surface area contributed by atoms with Gasteiger partial charge in [-0.1, -0.05) is 12.1 Å². The van der Waals surface area contributed by atoms with Crippen molar-refractivity contribution in [1.29, 1.82) is 0 Å². The fraction of sp³-hybridized carbons (Fsp3) is 0.353. The Balaban J connectivity index is 1.51. The number of aliphatic hydroxyl groups is 1. The molecule has 1 aliphatic rings. The lowest BCUT2D eigenvalue weighted by Crippen LogP contribution is -2.30. The lowest BCUT2D eigenvalue weighted by atomic mass is 10.1. The van der Waals surface area contributed by atoms with E-state index in [0.29, 0.717) is 17.9 Å². The number of nitrogens with one attached hydrogen (secondary N) is 1. The summed E-state index contributed by atoms with van der Waals surface area (Å²) in [7, 11) is 0. The summed E-state index contributed by atoms with van der Waals surface area (Å²) in [5.74, 6) is 0.272. The summed E-state index contributed by atoms with van der Waals surface area (Å²) in [6.07, 6.45) is 1.44. The fourth-order valence-electron chi connectivity index (χ4n) is 2.94. The summed E-state index contributed by atoms with van der Waals surface area (Å²) in [6.45, 7) is 2.03. The molecule has 2 heterocycles. The number of anilines is 1. The van der Waals surface area contributed by atoms with E-state index in [1.807, 2.05) is 0 Å². The number of hydrogen-bond donors (Lipinski definition) is 2. The summed E-state index contributed by atoms with van der Waals surface area (Å²) in [5.41, 5.74) is 0.649. The van der Waals surface area contributed by atoms with Gasteiger partial charge >= 0.3 is 0 Å². The molecule has 25 heavy (non-hydrogen) atoms. The van der Waals surface area contributed by atoms with E-state index in [1.54, 1.807) is 18.2 Å². The number of likely N-dealkylation sites (tertiary alicyclic amines) is 1. The molecule has 0 radical (unpaired) electrons. The van der Waals surface area contributed by atoms with Gasteiger partial charge in [-0.2, -0.15) is 0 Å². The van der Waals surface area contributed by atoms with Crippen molar-refractivity contribution in [2.45, 2.75) is 18.6 Å². The van der Waals surface area contributed by atoms with Gasteiger partial charge in [0.15, 0.2) is 0 Å². The second-order valence-electron chi connectivity index (χ2n) is 6.12. The molecule has 0 saturated carbocycles. The number of β-amino-alcohol motifs (C(OH)–C–C–N with tert-alkyl or cyclic N) is 1. The van der Waals surface area contributed by atoms with Crippen molar-refractivity contribution >= 4 is 11.5 Å². The number of nitro groups is 1. The minimum Gasteiger partial charge on any atom is -0.387 e. The molecular weight excluding hydrogens is 327 g/mol. The Labute approximate surface area is 144 Å². The van der Waals surface area contributed by atoms with E-state index in [-0.39, 0.29) is 17.5 Å². The standard InChI is InChI=1S/C17H19FN4O3/c18-13-3-1-12(2-4-13)16(23)11-21-8-7-14(10-21)20-17-6-5-15(9-19-17)22(24)25/h1-6,9,14,16,23H,7-8,10-11H2,(H,19,20). The van der Waals surface area contributed by atoms with Gasteiger partial charge in [0.1, 0.15) is 17.8 Å². The highest BCUT2D eigenvalue weighted by Gasteiger charge is 2.25. The van der Waals surface area contributed by atoms with Gasteiger partial charge in [-0.3, -0.25) is 15.0 Å². The monoisotopic (exact) mass is 346 g/mol. The van der Waals surface area contributed by atoms with Crippen molar-refractivity contribution in [3.8, 4) is 0 Å². The van der Waals surface area contributed by atoms with Crippen LogP contribution in [-0.2, 0) is 0 Å². The highest BCUT2D eigenvalue weighted by atomic mass is 19.1. The maximum Gasteiger partial charge on any atom is 0.287 e. The van der Waals surface area contributed by atoms with E-state index in [9.17, 15) is 19.6 Å². The van der Waals surface area contributed by atoms with Crippen LogP contribution in [0.3, 0.4) is 0 Å². The first-order chi connectivity index (χ1) is 12.0. The predicted molar refractivity (Wildman–Crippen MR) is 90.7 cm³/mol. The summed E-state index contributed by atoms with van der Waals surface area (Å²) < 4.78 is 12.9. The Bertz CT molecular complexity index is 724. The van der Waals surface area contributed by atoms with Crippen LogP contribution in [0.25, 0.3) is 0 Å². The van der Waals surface area contributed by atoms with E-state index < -0.39 is 11.0 Å². The fourth-order valence-corrected chi connectivity index (χ4v) is 2.94. The largest absolute Gasteiger partial charge is 0.387 e. The average Bonchev–Trinajstić information content (AvgIpc) is 3.02. The van der Waals surface area contributed by atoms with Crippen LogP contribution in [0.2, 0.25) is 0 Å². The third-order valence-electron chi connectivity index (χ3n) is 4.27. The number of nitrogens with zero attached hydrogens (tertiary/aromatic N) is 3. The van der Waals surface area contributed by atoms with E-state index in [1.165, 1.54) is 24.4 Å². The lowest BCUT2D eigenvalue weighted by Gasteiger charge is -2.20. The van der Waals surface area contributed by atoms with Crippen LogP contribution in [-0.4, -0.2) is 45.6 Å². The zero-order valence-corrected chi connectivity index (χ0v) is 13.5. The number of rotatable bonds is 6. The van der Waals surface area contributed by atoms with Gasteiger partial charge in [-0.25, -0.2) is 9.37 Å². The highest BCUT2D eigenvalue weighted by Crippen LogP contribution is 2.20. The summed E-state index contributed by atoms with van der Waals surface area (Å²) in [6, 6.07) is 9.03. The molecule has 8 heteroatoms. The lowest BCUT2D eigenvalue weighted by molar-refractivity contribution is -0.385. The van der Waals surface area contributed by atoms with Gasteiger partial charge in [-0.05, 0) is 30.2 Å². The number of hydrogen-bond acceptors (Lipinski definition) is 6. The Hall–Kier alpha value is -2.58. The van der Waals surface area contributed by atoms with Crippen molar-refractivity contribution in [3.05, 3.63) is 64.1 Å². The Morgan fingerprint density at radius 2 is 2.12 bits per heavy atom. The van der Waals surface area contributed by atoms with E-state index in [2.05, 4.69) is 15.2 Å². The van der Waals surface area contributed by atoms with E-state index in [0.717, 1.165) is 19.5 Å². The third-order valence-corrected chi connectivity index (χ3v) is 4.27. The molecule has 1 fully saturated rings. The first-order valence-corrected chi connectivity index (χ1v) is 8.04. The average molecular weight is 346 g/mol.